The van der Waals surface area contributed by atoms with Crippen LogP contribution in [-0.4, -0.2) is 58.8 Å². The summed E-state index contributed by atoms with van der Waals surface area (Å²) in [7, 11) is 0. The summed E-state index contributed by atoms with van der Waals surface area (Å²) < 4.78 is 10.7. The molecule has 8 nitrogen and oxygen atoms in total. The summed E-state index contributed by atoms with van der Waals surface area (Å²) in [5.74, 6) is 1.43. The van der Waals surface area contributed by atoms with Crippen molar-refractivity contribution in [2.75, 3.05) is 32.8 Å². The average molecular weight is 359 g/mol. The van der Waals surface area contributed by atoms with E-state index in [4.69, 9.17) is 9.26 Å². The number of piperazine rings is 1. The predicted molar refractivity (Wildman–Crippen MR) is 95.7 cm³/mol. The summed E-state index contributed by atoms with van der Waals surface area (Å²) in [4.78, 5) is 20.7. The monoisotopic (exact) mass is 359 g/mol. The largest absolute Gasteiger partial charge is 0.478 e. The van der Waals surface area contributed by atoms with Gasteiger partial charge < -0.3 is 19.5 Å². The molecule has 0 aromatic carbocycles. The van der Waals surface area contributed by atoms with E-state index in [9.17, 15) is 4.79 Å². The number of hydrogen-bond donors (Lipinski definition) is 1. The Balaban J connectivity index is 1.45. The number of nitrogens with one attached hydrogen (secondary N) is 1. The van der Waals surface area contributed by atoms with Gasteiger partial charge in [0.25, 0.3) is 0 Å². The topological polar surface area (TPSA) is 83.7 Å². The zero-order chi connectivity index (χ0) is 18.4. The molecular weight excluding hydrogens is 334 g/mol. The van der Waals surface area contributed by atoms with Gasteiger partial charge in [-0.2, -0.15) is 0 Å². The second kappa shape index (κ2) is 8.66. The number of carbonyl (C=O) groups excluding carboxylic acids is 1. The van der Waals surface area contributed by atoms with Crippen LogP contribution in [0.15, 0.2) is 28.9 Å². The van der Waals surface area contributed by atoms with Crippen LogP contribution in [0, 0.1) is 6.92 Å². The van der Waals surface area contributed by atoms with Gasteiger partial charge in [-0.3, -0.25) is 4.90 Å². The number of pyridine rings is 1. The maximum Gasteiger partial charge on any atom is 0.317 e. The Morgan fingerprint density at radius 1 is 1.35 bits per heavy atom. The third-order valence-corrected chi connectivity index (χ3v) is 4.28. The number of rotatable bonds is 6. The Morgan fingerprint density at radius 3 is 2.85 bits per heavy atom. The molecule has 2 aromatic heterocycles. The Bertz CT molecular complexity index is 725. The fraction of sp³-hybridized carbons (Fsp3) is 0.500. The lowest BCUT2D eigenvalue weighted by atomic mass is 10.2. The van der Waals surface area contributed by atoms with Gasteiger partial charge in [0.2, 0.25) is 5.88 Å². The Morgan fingerprint density at radius 2 is 2.15 bits per heavy atom. The highest BCUT2D eigenvalue weighted by Gasteiger charge is 2.22. The van der Waals surface area contributed by atoms with Gasteiger partial charge in [-0.25, -0.2) is 9.78 Å². The van der Waals surface area contributed by atoms with Crippen molar-refractivity contribution in [3.8, 4) is 5.88 Å². The van der Waals surface area contributed by atoms with Gasteiger partial charge in [0.1, 0.15) is 0 Å². The highest BCUT2D eigenvalue weighted by molar-refractivity contribution is 5.74. The van der Waals surface area contributed by atoms with Crippen LogP contribution < -0.4 is 10.1 Å². The first-order chi connectivity index (χ1) is 12.7. The molecular formula is C18H25N5O3. The van der Waals surface area contributed by atoms with Gasteiger partial charge in [-0.1, -0.05) is 11.2 Å². The Hall–Kier alpha value is -2.61. The minimum atomic E-state index is -0.0635. The minimum Gasteiger partial charge on any atom is -0.478 e. The molecule has 0 radical (unpaired) electrons. The number of ether oxygens (including phenoxy) is 1. The molecule has 0 saturated carbocycles. The molecule has 140 valence electrons. The summed E-state index contributed by atoms with van der Waals surface area (Å²) in [6, 6.07) is 5.64. The zero-order valence-corrected chi connectivity index (χ0v) is 15.3. The molecule has 8 heteroatoms. The first kappa shape index (κ1) is 18.2. The van der Waals surface area contributed by atoms with E-state index in [2.05, 4.69) is 20.4 Å². The standard InChI is InChI=1S/C18H25N5O3/c1-3-25-17-15(5-4-6-19-17)12-20-18(24)23-9-7-22(8-10-23)13-16-11-14(2)21-26-16/h4-6,11H,3,7-10,12-13H2,1-2H3,(H,20,24). The van der Waals surface area contributed by atoms with Crippen LogP contribution in [0.25, 0.3) is 0 Å². The third kappa shape index (κ3) is 4.72. The van der Waals surface area contributed by atoms with Crippen LogP contribution in [0.3, 0.4) is 0 Å². The van der Waals surface area contributed by atoms with Gasteiger partial charge in [-0.15, -0.1) is 0 Å². The molecule has 1 N–H and O–H groups in total. The molecule has 0 aliphatic carbocycles. The third-order valence-electron chi connectivity index (χ3n) is 4.28. The van der Waals surface area contributed by atoms with Gasteiger partial charge >= 0.3 is 6.03 Å². The number of aryl methyl sites for hydroxylation is 1. The molecule has 1 saturated heterocycles. The van der Waals surface area contributed by atoms with Crippen molar-refractivity contribution < 1.29 is 14.1 Å². The van der Waals surface area contributed by atoms with E-state index in [1.165, 1.54) is 0 Å². The lowest BCUT2D eigenvalue weighted by Gasteiger charge is -2.34. The molecule has 26 heavy (non-hydrogen) atoms. The molecule has 0 unspecified atom stereocenters. The zero-order valence-electron chi connectivity index (χ0n) is 15.3. The predicted octanol–water partition coefficient (Wildman–Crippen LogP) is 1.80. The second-order valence-electron chi connectivity index (χ2n) is 6.26. The molecule has 1 fully saturated rings. The first-order valence-electron chi connectivity index (χ1n) is 8.89. The van der Waals surface area contributed by atoms with E-state index < -0.39 is 0 Å². The summed E-state index contributed by atoms with van der Waals surface area (Å²) in [6.07, 6.45) is 1.69. The number of urea groups is 1. The Labute approximate surface area is 153 Å². The summed E-state index contributed by atoms with van der Waals surface area (Å²) in [6.45, 7) is 8.49. The van der Waals surface area contributed by atoms with Crippen LogP contribution in [0.5, 0.6) is 5.88 Å². The smallest absolute Gasteiger partial charge is 0.317 e. The van der Waals surface area contributed by atoms with Crippen molar-refractivity contribution in [3.05, 3.63) is 41.4 Å². The van der Waals surface area contributed by atoms with E-state index in [0.717, 1.165) is 36.7 Å². The molecule has 1 aliphatic rings. The Kier molecular flexibility index (Phi) is 6.06. The molecule has 0 spiro atoms. The number of aromatic nitrogens is 2. The summed E-state index contributed by atoms with van der Waals surface area (Å²) >= 11 is 0. The van der Waals surface area contributed by atoms with Crippen molar-refractivity contribution in [2.45, 2.75) is 26.9 Å². The van der Waals surface area contributed by atoms with E-state index in [0.29, 0.717) is 32.1 Å². The highest BCUT2D eigenvalue weighted by atomic mass is 16.5. The van der Waals surface area contributed by atoms with Gasteiger partial charge in [0, 0.05) is 50.6 Å². The van der Waals surface area contributed by atoms with Crippen molar-refractivity contribution >= 4 is 6.03 Å². The second-order valence-corrected chi connectivity index (χ2v) is 6.26. The SMILES string of the molecule is CCOc1ncccc1CNC(=O)N1CCN(Cc2cc(C)no2)CC1. The fourth-order valence-corrected chi connectivity index (χ4v) is 2.93. The van der Waals surface area contributed by atoms with Gasteiger partial charge in [-0.05, 0) is 19.9 Å². The number of amides is 2. The normalized spacial score (nSPS) is 15.1. The molecule has 0 atom stereocenters. The number of carbonyl (C=O) groups is 1. The average Bonchev–Trinajstić information content (AvgIpc) is 3.06. The lowest BCUT2D eigenvalue weighted by Crippen LogP contribution is -2.51. The van der Waals surface area contributed by atoms with Crippen LogP contribution in [-0.2, 0) is 13.1 Å². The molecule has 2 amide bonds. The summed E-state index contributed by atoms with van der Waals surface area (Å²) in [5, 5.41) is 6.86. The van der Waals surface area contributed by atoms with Crippen LogP contribution in [0.4, 0.5) is 4.79 Å². The fourth-order valence-electron chi connectivity index (χ4n) is 2.93. The van der Waals surface area contributed by atoms with E-state index >= 15 is 0 Å². The van der Waals surface area contributed by atoms with Crippen molar-refractivity contribution in [1.82, 2.24) is 25.3 Å². The first-order valence-corrected chi connectivity index (χ1v) is 8.89. The molecule has 0 bridgehead atoms. The van der Waals surface area contributed by atoms with E-state index in [1.54, 1.807) is 6.20 Å². The van der Waals surface area contributed by atoms with Crippen LogP contribution in [0.1, 0.15) is 23.9 Å². The minimum absolute atomic E-state index is 0.0635. The van der Waals surface area contributed by atoms with Crippen LogP contribution >= 0.6 is 0 Å². The van der Waals surface area contributed by atoms with Crippen molar-refractivity contribution in [2.24, 2.45) is 0 Å². The quantitative estimate of drug-likeness (QED) is 0.847. The maximum atomic E-state index is 12.4. The van der Waals surface area contributed by atoms with Crippen LogP contribution in [0.2, 0.25) is 0 Å². The van der Waals surface area contributed by atoms with Gasteiger partial charge in [0.15, 0.2) is 5.76 Å². The summed E-state index contributed by atoms with van der Waals surface area (Å²) in [5.41, 5.74) is 1.77. The maximum absolute atomic E-state index is 12.4. The van der Waals surface area contributed by atoms with Crippen molar-refractivity contribution in [3.63, 3.8) is 0 Å². The number of nitrogens with zero attached hydrogens (tertiary/aromatic N) is 4. The number of hydrogen-bond acceptors (Lipinski definition) is 6. The molecule has 1 aliphatic heterocycles. The highest BCUT2D eigenvalue weighted by Crippen LogP contribution is 2.14. The van der Waals surface area contributed by atoms with Gasteiger partial charge in [0.05, 0.1) is 18.8 Å². The van der Waals surface area contributed by atoms with E-state index in [-0.39, 0.29) is 6.03 Å². The molecule has 2 aromatic rings. The van der Waals surface area contributed by atoms with E-state index in [1.807, 2.05) is 36.9 Å². The lowest BCUT2D eigenvalue weighted by molar-refractivity contribution is 0.127. The molecule has 3 rings (SSSR count). The van der Waals surface area contributed by atoms with Crippen molar-refractivity contribution in [1.29, 1.82) is 0 Å². The molecule has 3 heterocycles.